The monoisotopic (exact) mass is 769 g/mol. The minimum absolute atomic E-state index is 0.0688. The molecule has 1 fully saturated rings. The summed E-state index contributed by atoms with van der Waals surface area (Å²) in [5, 5.41) is 50.0. The normalized spacial score (nSPS) is 23.8. The molecule has 0 bridgehead atoms. The lowest BCUT2D eigenvalue weighted by atomic mass is 9.85. The van der Waals surface area contributed by atoms with E-state index in [1.807, 2.05) is 0 Å². The molecule has 0 heterocycles. The summed E-state index contributed by atoms with van der Waals surface area (Å²) in [5.74, 6) is -0.474. The molecule has 1 aliphatic carbocycles. The number of aliphatic hydroxyl groups excluding tert-OH is 5. The molecule has 0 aromatic heterocycles. The maximum absolute atomic E-state index is 12.8. The maximum atomic E-state index is 12.8. The van der Waals surface area contributed by atoms with Gasteiger partial charge in [0.2, 0.25) is 0 Å². The van der Waals surface area contributed by atoms with Gasteiger partial charge in [-0.05, 0) is 12.8 Å². The molecular formula is C39H77O12P. The molecule has 310 valence electrons. The molecule has 1 saturated carbocycles. The number of carbonyl (C=O) groups excluding carboxylic acids is 1. The lowest BCUT2D eigenvalue weighted by Crippen LogP contribution is -2.64. The van der Waals surface area contributed by atoms with Crippen molar-refractivity contribution < 1.29 is 58.3 Å². The molecule has 6 N–H and O–H groups in total. The van der Waals surface area contributed by atoms with E-state index in [9.17, 15) is 39.8 Å². The number of hydrogen-bond acceptors (Lipinski definition) is 11. The second-order valence-electron chi connectivity index (χ2n) is 14.9. The standard InChI is InChI=1S/C39H77O12P/c1-3-5-7-9-11-13-15-17-18-20-22-24-26-28-33(40)50-32(30-48-29-27-25-23-21-19-16-14-12-10-8-6-4-2)31-49-52(46,47)51-39-37(44)35(42)34(41)36(43)38(39)45/h32,34-39,41-45H,3-31H2,1-2H3,(H,46,47)/t32-,34?,35-,36?,37?,38?,39?/m1/s1. The minimum Gasteiger partial charge on any atom is -0.457 e. The summed E-state index contributed by atoms with van der Waals surface area (Å²) in [5.41, 5.74) is 0. The van der Waals surface area contributed by atoms with Gasteiger partial charge in [0.1, 0.15) is 42.7 Å². The molecule has 1 rings (SSSR count). The molecule has 1 aliphatic rings. The Morgan fingerprint density at radius 3 is 1.33 bits per heavy atom. The zero-order valence-corrected chi connectivity index (χ0v) is 33.5. The Labute approximate surface area is 315 Å². The number of esters is 1. The minimum atomic E-state index is -5.00. The van der Waals surface area contributed by atoms with Gasteiger partial charge in [-0.15, -0.1) is 0 Å². The molecule has 0 radical (unpaired) electrons. The van der Waals surface area contributed by atoms with Gasteiger partial charge in [-0.3, -0.25) is 13.8 Å². The quantitative estimate of drug-likeness (QED) is 0.0213. The third kappa shape index (κ3) is 24.0. The second-order valence-corrected chi connectivity index (χ2v) is 16.3. The van der Waals surface area contributed by atoms with Crippen LogP contribution in [0.4, 0.5) is 0 Å². The lowest BCUT2D eigenvalue weighted by Gasteiger charge is -2.41. The van der Waals surface area contributed by atoms with Crippen LogP contribution in [0.1, 0.15) is 181 Å². The van der Waals surface area contributed by atoms with E-state index in [1.165, 1.54) is 116 Å². The molecular weight excluding hydrogens is 691 g/mol. The molecule has 0 aromatic rings. The van der Waals surface area contributed by atoms with Gasteiger partial charge in [-0.1, -0.05) is 162 Å². The summed E-state index contributed by atoms with van der Waals surface area (Å²) >= 11 is 0. The maximum Gasteiger partial charge on any atom is 0.472 e. The highest BCUT2D eigenvalue weighted by Gasteiger charge is 2.51. The highest BCUT2D eigenvalue weighted by atomic mass is 31.2. The molecule has 0 aliphatic heterocycles. The number of phosphoric acid groups is 1. The van der Waals surface area contributed by atoms with Crippen LogP contribution >= 0.6 is 7.82 Å². The molecule has 13 heteroatoms. The number of carbonyl (C=O) groups is 1. The second kappa shape index (κ2) is 31.5. The Hall–Kier alpha value is -0.660. The first-order valence-electron chi connectivity index (χ1n) is 20.9. The Bertz CT molecular complexity index is 879. The van der Waals surface area contributed by atoms with E-state index < -0.39 is 63.1 Å². The first-order chi connectivity index (χ1) is 25.0. The fourth-order valence-electron chi connectivity index (χ4n) is 6.59. The van der Waals surface area contributed by atoms with Crippen molar-refractivity contribution in [2.24, 2.45) is 0 Å². The smallest absolute Gasteiger partial charge is 0.457 e. The lowest BCUT2D eigenvalue weighted by molar-refractivity contribution is -0.220. The number of phosphoric ester groups is 1. The summed E-state index contributed by atoms with van der Waals surface area (Å²) in [4.78, 5) is 23.0. The number of ether oxygens (including phenoxy) is 2. The fourth-order valence-corrected chi connectivity index (χ4v) is 7.56. The third-order valence-electron chi connectivity index (χ3n) is 9.98. The summed E-state index contributed by atoms with van der Waals surface area (Å²) in [6.45, 7) is 4.26. The Morgan fingerprint density at radius 2 is 0.904 bits per heavy atom. The van der Waals surface area contributed by atoms with Crippen molar-refractivity contribution in [3.05, 3.63) is 0 Å². The summed E-state index contributed by atoms with van der Waals surface area (Å²) in [6.07, 6.45) is 17.5. The predicted octanol–water partition coefficient (Wildman–Crippen LogP) is 7.42. The van der Waals surface area contributed by atoms with Crippen LogP contribution in [-0.4, -0.2) is 98.9 Å². The van der Waals surface area contributed by atoms with Crippen molar-refractivity contribution in [1.29, 1.82) is 0 Å². The van der Waals surface area contributed by atoms with E-state index in [0.29, 0.717) is 13.0 Å². The van der Waals surface area contributed by atoms with Crippen LogP contribution in [0.3, 0.4) is 0 Å². The molecule has 6 unspecified atom stereocenters. The van der Waals surface area contributed by atoms with Crippen molar-refractivity contribution in [1.82, 2.24) is 0 Å². The summed E-state index contributed by atoms with van der Waals surface area (Å²) < 4.78 is 34.0. The molecule has 12 nitrogen and oxygen atoms in total. The predicted molar refractivity (Wildman–Crippen MR) is 203 cm³/mol. The van der Waals surface area contributed by atoms with Crippen LogP contribution in [0.25, 0.3) is 0 Å². The summed E-state index contributed by atoms with van der Waals surface area (Å²) in [7, 11) is -5.00. The van der Waals surface area contributed by atoms with Crippen molar-refractivity contribution in [3.63, 3.8) is 0 Å². The van der Waals surface area contributed by atoms with Crippen LogP contribution in [0.5, 0.6) is 0 Å². The molecule has 52 heavy (non-hydrogen) atoms. The SMILES string of the molecule is CCCCCCCCCCCCCCCC(=O)O[C@H](COCCCCCCCCCCCCCC)COP(=O)(O)OC1C(O)C(O)C(O)[C@@H](O)C1O. The van der Waals surface area contributed by atoms with Crippen LogP contribution < -0.4 is 0 Å². The molecule has 0 amide bonds. The molecule has 8 atom stereocenters. The molecule has 0 spiro atoms. The van der Waals surface area contributed by atoms with Gasteiger partial charge in [0.25, 0.3) is 0 Å². The van der Waals surface area contributed by atoms with Gasteiger partial charge in [-0.2, -0.15) is 0 Å². The van der Waals surface area contributed by atoms with E-state index in [4.69, 9.17) is 18.5 Å². The first-order valence-corrected chi connectivity index (χ1v) is 22.4. The third-order valence-corrected chi connectivity index (χ3v) is 11.0. The zero-order valence-electron chi connectivity index (χ0n) is 32.6. The number of rotatable bonds is 35. The largest absolute Gasteiger partial charge is 0.472 e. The Balaban J connectivity index is 2.44. The Morgan fingerprint density at radius 1 is 0.538 bits per heavy atom. The number of unbranched alkanes of at least 4 members (excludes halogenated alkanes) is 23. The van der Waals surface area contributed by atoms with Crippen LogP contribution in [0.2, 0.25) is 0 Å². The van der Waals surface area contributed by atoms with Gasteiger partial charge < -0.3 is 39.9 Å². The van der Waals surface area contributed by atoms with Gasteiger partial charge >= 0.3 is 13.8 Å². The van der Waals surface area contributed by atoms with Crippen LogP contribution in [-0.2, 0) is 27.9 Å². The molecule has 0 aromatic carbocycles. The fraction of sp³-hybridized carbons (Fsp3) is 0.974. The van der Waals surface area contributed by atoms with E-state index in [2.05, 4.69) is 13.8 Å². The average molecular weight is 769 g/mol. The molecule has 0 saturated heterocycles. The van der Waals surface area contributed by atoms with E-state index in [1.54, 1.807) is 0 Å². The first kappa shape index (κ1) is 49.4. The summed E-state index contributed by atoms with van der Waals surface area (Å²) in [6, 6.07) is 0. The van der Waals surface area contributed by atoms with E-state index >= 15 is 0 Å². The highest BCUT2D eigenvalue weighted by Crippen LogP contribution is 2.47. The number of hydrogen-bond donors (Lipinski definition) is 6. The number of aliphatic hydroxyl groups is 5. The van der Waals surface area contributed by atoms with Crippen molar-refractivity contribution in [3.8, 4) is 0 Å². The van der Waals surface area contributed by atoms with Crippen LogP contribution in [0.15, 0.2) is 0 Å². The van der Waals surface area contributed by atoms with Crippen molar-refractivity contribution in [2.45, 2.75) is 224 Å². The Kier molecular flexibility index (Phi) is 29.9. The van der Waals surface area contributed by atoms with E-state index in [-0.39, 0.29) is 13.0 Å². The van der Waals surface area contributed by atoms with Gasteiger partial charge in [0, 0.05) is 13.0 Å². The van der Waals surface area contributed by atoms with E-state index in [0.717, 1.165) is 38.5 Å². The van der Waals surface area contributed by atoms with Crippen LogP contribution in [0, 0.1) is 0 Å². The average Bonchev–Trinajstić information content (AvgIpc) is 3.12. The van der Waals surface area contributed by atoms with Gasteiger partial charge in [0.15, 0.2) is 0 Å². The topological polar surface area (TPSA) is 192 Å². The van der Waals surface area contributed by atoms with Gasteiger partial charge in [-0.25, -0.2) is 4.57 Å². The van der Waals surface area contributed by atoms with Gasteiger partial charge in [0.05, 0.1) is 13.2 Å². The van der Waals surface area contributed by atoms with Crippen molar-refractivity contribution in [2.75, 3.05) is 19.8 Å². The highest BCUT2D eigenvalue weighted by molar-refractivity contribution is 7.47. The zero-order chi connectivity index (χ0) is 38.5. The van der Waals surface area contributed by atoms with Crippen molar-refractivity contribution >= 4 is 13.8 Å².